The molecule has 0 saturated heterocycles. The maximum Gasteiger partial charge on any atom is 0.253 e. The van der Waals surface area contributed by atoms with E-state index >= 15 is 0 Å². The third kappa shape index (κ3) is 8.61. The molecule has 0 spiro atoms. The second-order valence-corrected chi connectivity index (χ2v) is 21.8. The van der Waals surface area contributed by atoms with Crippen molar-refractivity contribution >= 4 is 114 Å². The van der Waals surface area contributed by atoms with Crippen molar-refractivity contribution in [2.24, 2.45) is 4.40 Å². The minimum Gasteiger partial charge on any atom is -0.857 e. The molecule has 2 aliphatic heterocycles. The molecule has 0 fully saturated rings. The first kappa shape index (κ1) is 43.0. The van der Waals surface area contributed by atoms with Gasteiger partial charge in [-0.05, 0) is 114 Å². The molecule has 0 atom stereocenters. The number of hydrogen-bond acceptors (Lipinski definition) is 7. The number of amides is 1. The van der Waals surface area contributed by atoms with Gasteiger partial charge in [-0.3, -0.25) is 9.52 Å². The number of anilines is 1. The first-order valence-electron chi connectivity index (χ1n) is 18.9. The molecule has 308 valence electrons. The lowest BCUT2D eigenvalue weighted by atomic mass is 9.78. The number of fused-ring (bicyclic) bond motifs is 6. The quantitative estimate of drug-likeness (QED) is 0.101. The Bertz CT molecular complexity index is 2910. The van der Waals surface area contributed by atoms with E-state index in [0.717, 1.165) is 94.5 Å². The number of nitrogens with one attached hydrogen (secondary N) is 1. The molecular formula is C44H43Br2ClN4O6S2. The summed E-state index contributed by atoms with van der Waals surface area (Å²) in [6.45, 7) is 7.89. The van der Waals surface area contributed by atoms with Crippen LogP contribution < -0.4 is 14.7 Å². The number of halogens is 3. The summed E-state index contributed by atoms with van der Waals surface area (Å²) in [6.07, 6.45) is 12.0. The Labute approximate surface area is 367 Å². The van der Waals surface area contributed by atoms with Crippen molar-refractivity contribution < 1.29 is 31.3 Å². The van der Waals surface area contributed by atoms with E-state index < -0.39 is 42.7 Å². The number of carbonyl (C=O) groups excluding carboxylic acids is 1. The molecule has 0 bridgehead atoms. The molecule has 59 heavy (non-hydrogen) atoms. The smallest absolute Gasteiger partial charge is 0.253 e. The van der Waals surface area contributed by atoms with Crippen LogP contribution >= 0.6 is 43.5 Å². The molecule has 1 aliphatic carbocycles. The predicted molar refractivity (Wildman–Crippen MR) is 244 cm³/mol. The Kier molecular flexibility index (Phi) is 11.5. The summed E-state index contributed by atoms with van der Waals surface area (Å²) in [6, 6.07) is 20.1. The minimum absolute atomic E-state index is 0.210. The van der Waals surface area contributed by atoms with Gasteiger partial charge >= 0.3 is 0 Å². The summed E-state index contributed by atoms with van der Waals surface area (Å²) in [5.74, 6) is -1.42. The standard InChI is InChI=1S/C44H43Br2ClN4O6S2/c1-43(2)36(50(24-38(52)48-58(5,54)55)34-18-10-28-22-30(45)14-16-32(28)40(34)43)20-12-26-8-7-9-27(42(26)47)13-21-37-44(3,4)41-33-17-15-31(46)23-29(33)11-19-35(41)51(37)25-39(53)49-59(6,56)57/h10-23H,7-9,24-25H2,1-6H3,(H-,48,49,52,53). The lowest BCUT2D eigenvalue weighted by Crippen LogP contribution is -2.39. The van der Waals surface area contributed by atoms with Gasteiger partial charge < -0.3 is 10.0 Å². The lowest BCUT2D eigenvalue weighted by molar-refractivity contribution is -0.433. The van der Waals surface area contributed by atoms with Gasteiger partial charge in [-0.25, -0.2) is 16.8 Å². The maximum absolute atomic E-state index is 13.1. The highest BCUT2D eigenvalue weighted by Crippen LogP contribution is 2.51. The number of sulfonamides is 2. The number of hydrogen-bond donors (Lipinski definition) is 1. The second-order valence-electron chi connectivity index (χ2n) is 16.2. The van der Waals surface area contributed by atoms with Gasteiger partial charge in [0.15, 0.2) is 12.3 Å². The van der Waals surface area contributed by atoms with Gasteiger partial charge in [0.05, 0.1) is 17.9 Å². The van der Waals surface area contributed by atoms with Crippen molar-refractivity contribution in [2.45, 2.75) is 57.8 Å². The fourth-order valence-electron chi connectivity index (χ4n) is 8.77. The van der Waals surface area contributed by atoms with Gasteiger partial charge in [-0.1, -0.05) is 87.7 Å². The van der Waals surface area contributed by atoms with Crippen LogP contribution in [0.3, 0.4) is 0 Å². The molecule has 7 rings (SSSR count). The van der Waals surface area contributed by atoms with Crippen LogP contribution in [-0.2, 0) is 35.7 Å². The lowest BCUT2D eigenvalue weighted by Gasteiger charge is -2.27. The molecule has 0 saturated carbocycles. The normalized spacial score (nSPS) is 19.5. The Morgan fingerprint density at radius 1 is 0.881 bits per heavy atom. The van der Waals surface area contributed by atoms with Crippen molar-refractivity contribution in [2.75, 3.05) is 30.5 Å². The van der Waals surface area contributed by atoms with Crippen LogP contribution in [-0.4, -0.2) is 64.5 Å². The molecule has 0 unspecified atom stereocenters. The number of allylic oxidation sites excluding steroid dienone is 8. The molecule has 4 aromatic rings. The summed E-state index contributed by atoms with van der Waals surface area (Å²) >= 11 is 14.4. The number of benzene rings is 4. The zero-order chi connectivity index (χ0) is 42.8. The Morgan fingerprint density at radius 2 is 1.51 bits per heavy atom. The zero-order valence-corrected chi connectivity index (χ0v) is 38.9. The molecule has 1 N–H and O–H groups in total. The van der Waals surface area contributed by atoms with Crippen molar-refractivity contribution in [3.8, 4) is 0 Å². The SMILES string of the molecule is CC1(C)C(/C=C/C2=C(Cl)C(=C/C=C3/N(CC(=O)NS(C)(=O)=O)c4ccc5cc(Br)ccc5c4C3(C)C)/CCC2)=[N+](C/C([O-])=N/S(C)(=O)=O)c2ccc3cc(Br)ccc3c21. The molecular weight excluding hydrogens is 940 g/mol. The van der Waals surface area contributed by atoms with Crippen molar-refractivity contribution in [1.29, 1.82) is 0 Å². The topological polar surface area (TPSA) is 139 Å². The molecule has 1 amide bonds. The van der Waals surface area contributed by atoms with E-state index in [2.05, 4.69) is 74.7 Å². The Hall–Kier alpha value is -4.08. The number of rotatable bonds is 9. The highest BCUT2D eigenvalue weighted by molar-refractivity contribution is 9.10. The van der Waals surface area contributed by atoms with E-state index in [1.807, 2.05) is 88.4 Å². The molecule has 2 heterocycles. The molecule has 4 aromatic carbocycles. The van der Waals surface area contributed by atoms with Gasteiger partial charge in [0.1, 0.15) is 6.54 Å². The van der Waals surface area contributed by atoms with Crippen LogP contribution in [0.5, 0.6) is 0 Å². The largest absolute Gasteiger partial charge is 0.857 e. The summed E-state index contributed by atoms with van der Waals surface area (Å²) in [4.78, 5) is 15.0. The molecule has 0 radical (unpaired) electrons. The molecule has 10 nitrogen and oxygen atoms in total. The van der Waals surface area contributed by atoms with E-state index in [4.69, 9.17) is 11.6 Å². The minimum atomic E-state index is -3.90. The molecule has 0 aromatic heterocycles. The summed E-state index contributed by atoms with van der Waals surface area (Å²) in [7, 11) is -7.68. The van der Waals surface area contributed by atoms with Crippen LogP contribution in [0.4, 0.5) is 11.4 Å². The monoisotopic (exact) mass is 980 g/mol. The fraction of sp³-hybridized carbons (Fsp3) is 0.295. The van der Waals surface area contributed by atoms with Crippen LogP contribution in [0.1, 0.15) is 58.1 Å². The van der Waals surface area contributed by atoms with Gasteiger partial charge in [-0.15, -0.1) is 0 Å². The van der Waals surface area contributed by atoms with Crippen LogP contribution in [0.25, 0.3) is 21.5 Å². The maximum atomic E-state index is 13.1. The van der Waals surface area contributed by atoms with Crippen LogP contribution in [0.15, 0.2) is 120 Å². The van der Waals surface area contributed by atoms with E-state index in [1.54, 1.807) is 0 Å². The Balaban J connectivity index is 1.30. The van der Waals surface area contributed by atoms with Crippen molar-refractivity contribution in [1.82, 2.24) is 4.72 Å². The Morgan fingerprint density at radius 3 is 2.14 bits per heavy atom. The van der Waals surface area contributed by atoms with E-state index in [-0.39, 0.29) is 13.1 Å². The van der Waals surface area contributed by atoms with E-state index in [9.17, 15) is 26.7 Å². The van der Waals surface area contributed by atoms with E-state index in [0.29, 0.717) is 17.9 Å². The number of nitrogens with zero attached hydrogens (tertiary/aromatic N) is 3. The van der Waals surface area contributed by atoms with Gasteiger partial charge in [-0.2, -0.15) is 8.97 Å². The first-order chi connectivity index (χ1) is 27.5. The summed E-state index contributed by atoms with van der Waals surface area (Å²) in [5, 5.41) is 17.8. The van der Waals surface area contributed by atoms with Gasteiger partial charge in [0.25, 0.3) is 5.91 Å². The van der Waals surface area contributed by atoms with Crippen molar-refractivity contribution in [3.63, 3.8) is 0 Å². The van der Waals surface area contributed by atoms with Crippen LogP contribution in [0.2, 0.25) is 0 Å². The summed E-state index contributed by atoms with van der Waals surface area (Å²) < 4.78 is 57.3. The fourth-order valence-corrected chi connectivity index (χ4v) is 10.7. The average Bonchev–Trinajstić information content (AvgIpc) is 3.46. The predicted octanol–water partition coefficient (Wildman–Crippen LogP) is 8.53. The highest BCUT2D eigenvalue weighted by Gasteiger charge is 2.46. The zero-order valence-electron chi connectivity index (χ0n) is 33.4. The summed E-state index contributed by atoms with van der Waals surface area (Å²) in [5.41, 5.74) is 5.89. The number of carbonyl (C=O) groups is 1. The van der Waals surface area contributed by atoms with Crippen LogP contribution in [0, 0.1) is 0 Å². The highest BCUT2D eigenvalue weighted by atomic mass is 79.9. The third-order valence-corrected chi connectivity index (χ3v) is 13.7. The molecule has 15 heteroatoms. The molecule has 3 aliphatic rings. The van der Waals surface area contributed by atoms with Crippen molar-refractivity contribution in [3.05, 3.63) is 127 Å². The average molecular weight is 983 g/mol. The second kappa shape index (κ2) is 15.7. The van der Waals surface area contributed by atoms with Gasteiger partial charge in [0, 0.05) is 54.4 Å². The van der Waals surface area contributed by atoms with Gasteiger partial charge in [0.2, 0.25) is 25.7 Å². The first-order valence-corrected chi connectivity index (χ1v) is 24.6. The third-order valence-electron chi connectivity index (χ3n) is 11.1. The van der Waals surface area contributed by atoms with E-state index in [1.165, 1.54) is 0 Å².